The van der Waals surface area contributed by atoms with E-state index in [-0.39, 0.29) is 0 Å². The Kier molecular flexibility index (Phi) is 4.02. The second-order valence-corrected chi connectivity index (χ2v) is 7.13. The number of fused-ring (bicyclic) bond motifs is 1. The lowest BCUT2D eigenvalue weighted by Crippen LogP contribution is -2.16. The molecule has 2 atom stereocenters. The fraction of sp³-hybridized carbons (Fsp3) is 0.471. The molecule has 1 aromatic heterocycles. The van der Waals surface area contributed by atoms with Crippen molar-refractivity contribution in [2.75, 3.05) is 0 Å². The van der Waals surface area contributed by atoms with Gasteiger partial charge in [-0.05, 0) is 42.4 Å². The number of rotatable bonds is 2. The van der Waals surface area contributed by atoms with Crippen LogP contribution in [0.5, 0.6) is 0 Å². The molecule has 0 bridgehead atoms. The lowest BCUT2D eigenvalue weighted by Gasteiger charge is -2.27. The Balaban J connectivity index is 2.13. The van der Waals surface area contributed by atoms with Crippen LogP contribution in [-0.4, -0.2) is 9.78 Å². The maximum Gasteiger partial charge on any atom is 0.102 e. The first kappa shape index (κ1) is 14.9. The van der Waals surface area contributed by atoms with Gasteiger partial charge >= 0.3 is 0 Å². The quantitative estimate of drug-likeness (QED) is 0.681. The van der Waals surface area contributed by atoms with Crippen LogP contribution in [0.2, 0.25) is 10.0 Å². The summed E-state index contributed by atoms with van der Waals surface area (Å²) in [7, 11) is 0. The summed E-state index contributed by atoms with van der Waals surface area (Å²) in [6, 6.07) is 5.57. The molecule has 0 aliphatic heterocycles. The van der Waals surface area contributed by atoms with E-state index in [0.29, 0.717) is 27.8 Å². The van der Waals surface area contributed by atoms with Crippen molar-refractivity contribution in [3.8, 4) is 5.69 Å². The van der Waals surface area contributed by atoms with E-state index in [9.17, 15) is 0 Å². The maximum absolute atomic E-state index is 6.32. The van der Waals surface area contributed by atoms with Crippen molar-refractivity contribution in [2.24, 2.45) is 5.92 Å². The summed E-state index contributed by atoms with van der Waals surface area (Å²) in [5, 5.41) is 6.11. The molecule has 0 N–H and O–H groups in total. The van der Waals surface area contributed by atoms with Gasteiger partial charge in [-0.15, -0.1) is 0 Å². The van der Waals surface area contributed by atoms with Crippen molar-refractivity contribution in [3.05, 3.63) is 45.7 Å². The summed E-state index contributed by atoms with van der Waals surface area (Å²) in [5.74, 6) is 1.67. The fourth-order valence-corrected chi connectivity index (χ4v) is 3.83. The number of benzene rings is 1. The van der Waals surface area contributed by atoms with E-state index in [1.54, 1.807) is 0 Å². The Morgan fingerprint density at radius 1 is 1.19 bits per heavy atom. The van der Waals surface area contributed by atoms with Gasteiger partial charge < -0.3 is 0 Å². The molecular weight excluding hydrogens is 303 g/mol. The SMILES string of the molecule is CC(C)[C@H]1CC[C@H](C)c2cn(-c3c(Cl)cccc3Cl)nc21. The van der Waals surface area contributed by atoms with Gasteiger partial charge in [0.15, 0.2) is 0 Å². The zero-order valence-corrected chi connectivity index (χ0v) is 14.1. The van der Waals surface area contributed by atoms with Crippen molar-refractivity contribution in [1.82, 2.24) is 9.78 Å². The zero-order valence-electron chi connectivity index (χ0n) is 12.6. The standard InChI is InChI=1S/C17H20Cl2N2/c1-10(2)12-8-7-11(3)13-9-21(20-16(12)13)17-14(18)5-4-6-15(17)19/h4-6,9-12H,7-8H2,1-3H3/t11-,12+/m0/s1. The van der Waals surface area contributed by atoms with Gasteiger partial charge in [0.05, 0.1) is 15.7 Å². The van der Waals surface area contributed by atoms with Crippen LogP contribution in [0.15, 0.2) is 24.4 Å². The number of halogens is 2. The summed E-state index contributed by atoms with van der Waals surface area (Å²) >= 11 is 12.6. The first-order chi connectivity index (χ1) is 9.99. The molecule has 0 saturated heterocycles. The third-order valence-corrected chi connectivity index (χ3v) is 5.15. The average Bonchev–Trinajstić information content (AvgIpc) is 2.84. The molecule has 0 saturated carbocycles. The molecule has 0 unspecified atom stereocenters. The predicted octanol–water partition coefficient (Wildman–Crippen LogP) is 5.82. The molecule has 3 rings (SSSR count). The van der Waals surface area contributed by atoms with Crippen LogP contribution in [0.25, 0.3) is 5.69 Å². The van der Waals surface area contributed by atoms with E-state index in [4.69, 9.17) is 28.3 Å². The molecule has 0 spiro atoms. The van der Waals surface area contributed by atoms with E-state index >= 15 is 0 Å². The van der Waals surface area contributed by atoms with E-state index in [0.717, 1.165) is 5.69 Å². The third-order valence-electron chi connectivity index (χ3n) is 4.54. The Hall–Kier alpha value is -0.990. The molecule has 2 nitrogen and oxygen atoms in total. The van der Waals surface area contributed by atoms with Crippen molar-refractivity contribution in [1.29, 1.82) is 0 Å². The van der Waals surface area contributed by atoms with E-state index in [1.807, 2.05) is 22.9 Å². The zero-order chi connectivity index (χ0) is 15.1. The van der Waals surface area contributed by atoms with Gasteiger partial charge in [-0.25, -0.2) is 4.68 Å². The minimum Gasteiger partial charge on any atom is -0.237 e. The summed E-state index contributed by atoms with van der Waals surface area (Å²) in [4.78, 5) is 0. The topological polar surface area (TPSA) is 17.8 Å². The first-order valence-electron chi connectivity index (χ1n) is 7.53. The highest BCUT2D eigenvalue weighted by Gasteiger charge is 2.30. The first-order valence-corrected chi connectivity index (χ1v) is 8.28. The summed E-state index contributed by atoms with van der Waals surface area (Å²) in [5.41, 5.74) is 3.35. The third kappa shape index (κ3) is 2.60. The Morgan fingerprint density at radius 3 is 2.48 bits per heavy atom. The molecule has 0 fully saturated rings. The van der Waals surface area contributed by atoms with E-state index in [2.05, 4.69) is 27.0 Å². The van der Waals surface area contributed by atoms with Crippen molar-refractivity contribution in [2.45, 2.75) is 45.4 Å². The van der Waals surface area contributed by atoms with Gasteiger partial charge in [0.2, 0.25) is 0 Å². The minimum atomic E-state index is 0.527. The van der Waals surface area contributed by atoms with Crippen LogP contribution >= 0.6 is 23.2 Å². The Bertz CT molecular complexity index is 641. The van der Waals surface area contributed by atoms with Crippen molar-refractivity contribution >= 4 is 23.2 Å². The molecule has 21 heavy (non-hydrogen) atoms. The molecule has 2 aromatic rings. The van der Waals surface area contributed by atoms with Crippen LogP contribution in [-0.2, 0) is 0 Å². The van der Waals surface area contributed by atoms with E-state index < -0.39 is 0 Å². The monoisotopic (exact) mass is 322 g/mol. The highest BCUT2D eigenvalue weighted by atomic mass is 35.5. The molecule has 1 aliphatic rings. The largest absolute Gasteiger partial charge is 0.237 e. The van der Waals surface area contributed by atoms with Crippen LogP contribution in [0, 0.1) is 5.92 Å². The number of para-hydroxylation sites is 1. The molecular formula is C17H20Cl2N2. The minimum absolute atomic E-state index is 0.527. The summed E-state index contributed by atoms with van der Waals surface area (Å²) < 4.78 is 1.87. The molecule has 1 aromatic carbocycles. The second-order valence-electron chi connectivity index (χ2n) is 6.31. The number of nitrogens with zero attached hydrogens (tertiary/aromatic N) is 2. The predicted molar refractivity (Wildman–Crippen MR) is 88.8 cm³/mol. The van der Waals surface area contributed by atoms with Gasteiger partial charge in [0.25, 0.3) is 0 Å². The molecule has 4 heteroatoms. The number of hydrogen-bond donors (Lipinski definition) is 0. The molecule has 0 amide bonds. The van der Waals surface area contributed by atoms with Gasteiger partial charge in [-0.3, -0.25) is 0 Å². The summed E-state index contributed by atoms with van der Waals surface area (Å²) in [6.07, 6.45) is 4.54. The van der Waals surface area contributed by atoms with Crippen LogP contribution < -0.4 is 0 Å². The lowest BCUT2D eigenvalue weighted by molar-refractivity contribution is 0.402. The molecule has 1 aliphatic carbocycles. The van der Waals surface area contributed by atoms with E-state index in [1.165, 1.54) is 24.1 Å². The van der Waals surface area contributed by atoms with Crippen LogP contribution in [0.1, 0.15) is 56.7 Å². The molecule has 0 radical (unpaired) electrons. The second kappa shape index (κ2) is 5.66. The Morgan fingerprint density at radius 2 is 1.86 bits per heavy atom. The lowest BCUT2D eigenvalue weighted by atomic mass is 9.77. The highest BCUT2D eigenvalue weighted by molar-refractivity contribution is 6.37. The summed E-state index contributed by atoms with van der Waals surface area (Å²) in [6.45, 7) is 6.81. The van der Waals surface area contributed by atoms with Gasteiger partial charge in [0.1, 0.15) is 5.69 Å². The number of hydrogen-bond acceptors (Lipinski definition) is 1. The Labute approximate surface area is 136 Å². The smallest absolute Gasteiger partial charge is 0.102 e. The van der Waals surface area contributed by atoms with Gasteiger partial charge in [-0.2, -0.15) is 5.10 Å². The van der Waals surface area contributed by atoms with Gasteiger partial charge in [0, 0.05) is 12.1 Å². The molecule has 1 heterocycles. The van der Waals surface area contributed by atoms with Crippen molar-refractivity contribution < 1.29 is 0 Å². The van der Waals surface area contributed by atoms with Crippen molar-refractivity contribution in [3.63, 3.8) is 0 Å². The van der Waals surface area contributed by atoms with Gasteiger partial charge in [-0.1, -0.05) is 50.0 Å². The highest BCUT2D eigenvalue weighted by Crippen LogP contribution is 2.42. The maximum atomic E-state index is 6.32. The molecule has 112 valence electrons. The normalized spacial score (nSPS) is 21.6. The van der Waals surface area contributed by atoms with Crippen LogP contribution in [0.3, 0.4) is 0 Å². The fourth-order valence-electron chi connectivity index (χ4n) is 3.26. The average molecular weight is 323 g/mol. The number of aromatic nitrogens is 2. The van der Waals surface area contributed by atoms with Crippen LogP contribution in [0.4, 0.5) is 0 Å².